The van der Waals surface area contributed by atoms with Crippen LogP contribution in [-0.4, -0.2) is 38.3 Å². The van der Waals surface area contributed by atoms with Gasteiger partial charge in [0.1, 0.15) is 0 Å². The van der Waals surface area contributed by atoms with Gasteiger partial charge in [0, 0.05) is 6.61 Å². The van der Waals surface area contributed by atoms with Gasteiger partial charge in [0.2, 0.25) is 0 Å². The highest BCUT2D eigenvalue weighted by Gasteiger charge is 2.47. The number of allylic oxidation sites excluding steroid dienone is 16. The predicted octanol–water partition coefficient (Wildman–Crippen LogP) is 26.0. The molecule has 0 aromatic heterocycles. The zero-order valence-electron chi connectivity index (χ0n) is 54.4. The molecule has 79 heavy (non-hydrogen) atoms. The number of hydrogen-bond donors (Lipinski definition) is 0. The van der Waals surface area contributed by atoms with E-state index in [2.05, 4.69) is 144 Å². The largest absolute Gasteiger partial charge is 0.378 e. The second-order valence-corrected chi connectivity index (χ2v) is 26.1. The molecule has 1 unspecified atom stereocenters. The average molecular weight is 1090 g/mol. The Labute approximate surface area is 497 Å². The molecule has 0 aromatic carbocycles. The highest BCUT2D eigenvalue weighted by molar-refractivity contribution is 5.08. The van der Waals surface area contributed by atoms with Crippen LogP contribution in [0.25, 0.3) is 0 Å². The maximum Gasteiger partial charge on any atom is 0.0575 e. The third-order valence-electron chi connectivity index (χ3n) is 16.8. The molecule has 0 heterocycles. The first kappa shape index (κ1) is 74.9. The molecular formula is C77H139NO. The molecule has 0 N–H and O–H groups in total. The highest BCUT2D eigenvalue weighted by Crippen LogP contribution is 2.58. The first-order chi connectivity index (χ1) is 38.8. The Morgan fingerprint density at radius 3 is 0.873 bits per heavy atom. The summed E-state index contributed by atoms with van der Waals surface area (Å²) < 4.78 is 6.47. The Bertz CT molecular complexity index is 1480. The van der Waals surface area contributed by atoms with Crippen LogP contribution in [0.5, 0.6) is 0 Å². The molecular weight excluding hydrogens is 955 g/mol. The summed E-state index contributed by atoms with van der Waals surface area (Å²) in [5.74, 6) is 0. The smallest absolute Gasteiger partial charge is 0.0575 e. The Kier molecular flexibility index (Phi) is 55.9. The van der Waals surface area contributed by atoms with Gasteiger partial charge in [0.25, 0.3) is 0 Å². The zero-order chi connectivity index (χ0) is 56.9. The first-order valence-electron chi connectivity index (χ1n) is 35.3. The summed E-state index contributed by atoms with van der Waals surface area (Å²) in [4.78, 5) is 2.28. The molecule has 1 aliphatic carbocycles. The normalized spacial score (nSPS) is 15.3. The molecule has 0 aliphatic heterocycles. The summed E-state index contributed by atoms with van der Waals surface area (Å²) >= 11 is 0. The van der Waals surface area contributed by atoms with Crippen molar-refractivity contribution < 1.29 is 4.74 Å². The van der Waals surface area contributed by atoms with Gasteiger partial charge in [-0.3, -0.25) is 0 Å². The SMILES string of the molecule is CCCCC/C=C\C/C=C\CCCCCCCCCCCCCCCCC/C=C\C/C=C\CC1(C/C=C\C/C=C\CCCCCCCCC(CCCCCCCC/C=C\C/C=C\CCCCC)OCCCN(C)C)CC(C)(C)C1. The molecule has 1 fully saturated rings. The molecule has 0 bridgehead atoms. The van der Waals surface area contributed by atoms with Crippen molar-refractivity contribution in [3.05, 3.63) is 97.2 Å². The average Bonchev–Trinajstić information content (AvgIpc) is 3.49. The van der Waals surface area contributed by atoms with E-state index in [9.17, 15) is 0 Å². The lowest BCUT2D eigenvalue weighted by atomic mass is 9.52. The number of ether oxygens (including phenoxy) is 1. The standard InChI is InChI=1S/C77H139NO/c1-7-9-11-13-15-17-19-21-23-25-26-27-28-29-30-31-32-33-34-35-36-37-38-39-41-44-48-52-56-60-64-69-77(73-76(3,4)74-77)70-65-61-57-53-49-45-43-47-51-55-59-63-68-75(79-72-66-71-78(5)6)67-62-58-54-50-46-42-40-24-22-20-18-16-14-12-10-8-2/h15-18,21-24,48-49,52-53,60-61,64-65,75H,7-14,19-20,25-47,50-51,54-59,62-63,66-74H2,1-6H3/b17-15-,18-16-,23-21-,24-22-,52-48-,53-49-,64-60-,65-61-. The van der Waals surface area contributed by atoms with Crippen molar-refractivity contribution in [1.82, 2.24) is 4.90 Å². The molecule has 2 nitrogen and oxygen atoms in total. The second-order valence-electron chi connectivity index (χ2n) is 26.1. The van der Waals surface area contributed by atoms with Crippen LogP contribution in [0.2, 0.25) is 0 Å². The van der Waals surface area contributed by atoms with E-state index in [0.29, 0.717) is 16.9 Å². The molecule has 1 saturated carbocycles. The van der Waals surface area contributed by atoms with Crippen LogP contribution in [0.1, 0.15) is 349 Å². The fourth-order valence-electron chi connectivity index (χ4n) is 12.3. The van der Waals surface area contributed by atoms with Gasteiger partial charge in [-0.25, -0.2) is 0 Å². The van der Waals surface area contributed by atoms with Gasteiger partial charge in [-0.1, -0.05) is 298 Å². The van der Waals surface area contributed by atoms with Gasteiger partial charge in [0.15, 0.2) is 0 Å². The van der Waals surface area contributed by atoms with Crippen LogP contribution >= 0.6 is 0 Å². The van der Waals surface area contributed by atoms with Gasteiger partial charge in [0.05, 0.1) is 6.10 Å². The summed E-state index contributed by atoms with van der Waals surface area (Å²) in [7, 11) is 4.34. The van der Waals surface area contributed by atoms with Crippen LogP contribution in [0.3, 0.4) is 0 Å². The molecule has 458 valence electrons. The zero-order valence-corrected chi connectivity index (χ0v) is 54.4. The lowest BCUT2D eigenvalue weighted by molar-refractivity contribution is -0.00816. The number of hydrogen-bond acceptors (Lipinski definition) is 2. The molecule has 0 saturated heterocycles. The molecule has 1 atom stereocenters. The Morgan fingerprint density at radius 2 is 0.595 bits per heavy atom. The summed E-state index contributed by atoms with van der Waals surface area (Å²) in [6, 6.07) is 0. The van der Waals surface area contributed by atoms with E-state index in [0.717, 1.165) is 45.3 Å². The first-order valence-corrected chi connectivity index (χ1v) is 35.3. The Hall–Kier alpha value is -2.16. The minimum Gasteiger partial charge on any atom is -0.378 e. The van der Waals surface area contributed by atoms with E-state index in [1.54, 1.807) is 0 Å². The minimum atomic E-state index is 0.467. The molecule has 0 radical (unpaired) electrons. The van der Waals surface area contributed by atoms with E-state index in [1.807, 2.05) is 0 Å². The van der Waals surface area contributed by atoms with E-state index < -0.39 is 0 Å². The third-order valence-corrected chi connectivity index (χ3v) is 16.8. The van der Waals surface area contributed by atoms with Crippen molar-refractivity contribution in [2.24, 2.45) is 10.8 Å². The van der Waals surface area contributed by atoms with Gasteiger partial charge in [-0.15, -0.1) is 0 Å². The van der Waals surface area contributed by atoms with E-state index >= 15 is 0 Å². The predicted molar refractivity (Wildman–Crippen MR) is 360 cm³/mol. The summed E-state index contributed by atoms with van der Waals surface area (Å²) in [6.45, 7) is 11.5. The Balaban J connectivity index is 2.04. The van der Waals surface area contributed by atoms with Crippen molar-refractivity contribution in [1.29, 1.82) is 0 Å². The van der Waals surface area contributed by atoms with Gasteiger partial charge in [-0.05, 0) is 179 Å². The maximum absolute atomic E-state index is 6.47. The van der Waals surface area contributed by atoms with E-state index in [-0.39, 0.29) is 0 Å². The van der Waals surface area contributed by atoms with Gasteiger partial charge < -0.3 is 9.64 Å². The molecule has 0 spiro atoms. The van der Waals surface area contributed by atoms with Crippen molar-refractivity contribution in [3.63, 3.8) is 0 Å². The van der Waals surface area contributed by atoms with Gasteiger partial charge >= 0.3 is 0 Å². The van der Waals surface area contributed by atoms with Crippen molar-refractivity contribution in [2.75, 3.05) is 27.2 Å². The van der Waals surface area contributed by atoms with E-state index in [4.69, 9.17) is 4.74 Å². The molecule has 1 aliphatic rings. The van der Waals surface area contributed by atoms with E-state index in [1.165, 1.54) is 289 Å². The monoisotopic (exact) mass is 1090 g/mol. The molecule has 1 rings (SSSR count). The lowest BCUT2D eigenvalue weighted by Crippen LogP contribution is -2.42. The topological polar surface area (TPSA) is 12.5 Å². The summed E-state index contributed by atoms with van der Waals surface area (Å²) in [6.07, 6.45) is 106. The molecule has 0 aromatic rings. The van der Waals surface area contributed by atoms with Crippen LogP contribution in [0.15, 0.2) is 97.2 Å². The van der Waals surface area contributed by atoms with Crippen molar-refractivity contribution in [2.45, 2.75) is 355 Å². The molecule has 2 heteroatoms. The number of rotatable bonds is 61. The minimum absolute atomic E-state index is 0.467. The quantitative estimate of drug-likeness (QED) is 0.0445. The number of nitrogens with zero attached hydrogens (tertiary/aromatic N) is 1. The Morgan fingerprint density at radius 1 is 0.329 bits per heavy atom. The van der Waals surface area contributed by atoms with Crippen molar-refractivity contribution in [3.8, 4) is 0 Å². The number of unbranched alkanes of at least 4 members (excludes halogenated alkanes) is 34. The summed E-state index contributed by atoms with van der Waals surface area (Å²) in [5, 5.41) is 0. The van der Waals surface area contributed by atoms with Gasteiger partial charge in [-0.2, -0.15) is 0 Å². The summed E-state index contributed by atoms with van der Waals surface area (Å²) in [5.41, 5.74) is 0.990. The van der Waals surface area contributed by atoms with Crippen LogP contribution in [0, 0.1) is 10.8 Å². The van der Waals surface area contributed by atoms with Crippen LogP contribution < -0.4 is 0 Å². The second kappa shape index (κ2) is 59.0. The maximum atomic E-state index is 6.47. The fraction of sp³-hybridized carbons (Fsp3) is 0.792. The van der Waals surface area contributed by atoms with Crippen molar-refractivity contribution >= 4 is 0 Å². The third kappa shape index (κ3) is 54.8. The molecule has 0 amide bonds. The highest BCUT2D eigenvalue weighted by atomic mass is 16.5. The van der Waals surface area contributed by atoms with Crippen LogP contribution in [-0.2, 0) is 4.74 Å². The fourth-order valence-corrected chi connectivity index (χ4v) is 12.3. The van der Waals surface area contributed by atoms with Crippen LogP contribution in [0.4, 0.5) is 0 Å². The lowest BCUT2D eigenvalue weighted by Gasteiger charge is -2.53.